The van der Waals surface area contributed by atoms with Crippen LogP contribution in [0, 0.1) is 0 Å². The van der Waals surface area contributed by atoms with Gasteiger partial charge >= 0.3 is 5.97 Å². The number of benzene rings is 1. The van der Waals surface area contributed by atoms with E-state index in [2.05, 4.69) is 11.3 Å². The molecule has 0 spiro atoms. The summed E-state index contributed by atoms with van der Waals surface area (Å²) in [5.74, 6) is -1.26. The Bertz CT molecular complexity index is 608. The van der Waals surface area contributed by atoms with Crippen LogP contribution in [0.2, 0.25) is 5.02 Å². The number of hydrogen-bond donors (Lipinski definition) is 2. The molecular formula is C13H14ClNO4S. The highest BCUT2D eigenvalue weighted by molar-refractivity contribution is 7.92. The topological polar surface area (TPSA) is 83.5 Å². The first kappa shape index (κ1) is 16.4. The van der Waals surface area contributed by atoms with Crippen molar-refractivity contribution in [3.8, 4) is 0 Å². The number of rotatable bonds is 7. The van der Waals surface area contributed by atoms with Crippen molar-refractivity contribution >= 4 is 33.7 Å². The smallest absolute Gasteiger partial charge is 0.322 e. The lowest BCUT2D eigenvalue weighted by molar-refractivity contribution is -0.138. The first-order valence-corrected chi connectivity index (χ1v) is 7.56. The maximum absolute atomic E-state index is 11.7. The fourth-order valence-electron chi connectivity index (χ4n) is 1.35. The van der Waals surface area contributed by atoms with Crippen LogP contribution in [-0.4, -0.2) is 25.5 Å². The zero-order chi connectivity index (χ0) is 15.2. The minimum absolute atomic E-state index is 0.00332. The van der Waals surface area contributed by atoms with E-state index in [0.717, 1.165) is 5.41 Å². The highest BCUT2D eigenvalue weighted by Crippen LogP contribution is 2.11. The number of carbonyl (C=O) groups is 1. The van der Waals surface area contributed by atoms with Gasteiger partial charge in [-0.1, -0.05) is 29.8 Å². The lowest BCUT2D eigenvalue weighted by Gasteiger charge is -2.10. The number of carboxylic acid groups (broad SMARTS) is 1. The van der Waals surface area contributed by atoms with Gasteiger partial charge < -0.3 is 5.11 Å². The van der Waals surface area contributed by atoms with E-state index in [1.54, 1.807) is 24.3 Å². The predicted octanol–water partition coefficient (Wildman–Crippen LogP) is 2.26. The third-order valence-electron chi connectivity index (χ3n) is 2.32. The van der Waals surface area contributed by atoms with Crippen molar-refractivity contribution in [2.45, 2.75) is 12.5 Å². The van der Waals surface area contributed by atoms with Gasteiger partial charge in [0.15, 0.2) is 0 Å². The van der Waals surface area contributed by atoms with Gasteiger partial charge in [-0.05, 0) is 30.2 Å². The summed E-state index contributed by atoms with van der Waals surface area (Å²) in [5.41, 5.74) is 0.635. The molecule has 0 heterocycles. The minimum atomic E-state index is -3.85. The largest absolute Gasteiger partial charge is 0.480 e. The number of sulfonamides is 1. The van der Waals surface area contributed by atoms with Crippen molar-refractivity contribution < 1.29 is 18.3 Å². The molecule has 1 rings (SSSR count). The Morgan fingerprint density at radius 3 is 2.50 bits per heavy atom. The summed E-state index contributed by atoms with van der Waals surface area (Å²) < 4.78 is 25.5. The van der Waals surface area contributed by atoms with Crippen LogP contribution in [0.1, 0.15) is 12.0 Å². The molecule has 0 radical (unpaired) electrons. The molecule has 1 aromatic rings. The van der Waals surface area contributed by atoms with Crippen molar-refractivity contribution in [3.05, 3.63) is 52.9 Å². The molecule has 1 unspecified atom stereocenters. The quantitative estimate of drug-likeness (QED) is 0.756. The molecule has 108 valence electrons. The molecule has 5 nitrogen and oxygen atoms in total. The lowest BCUT2D eigenvalue weighted by Crippen LogP contribution is -2.39. The Labute approximate surface area is 122 Å². The van der Waals surface area contributed by atoms with Crippen molar-refractivity contribution in [2.75, 3.05) is 0 Å². The van der Waals surface area contributed by atoms with Crippen LogP contribution >= 0.6 is 11.6 Å². The number of nitrogens with one attached hydrogen (secondary N) is 1. The van der Waals surface area contributed by atoms with Gasteiger partial charge in [-0.3, -0.25) is 4.79 Å². The third-order valence-corrected chi connectivity index (χ3v) is 3.68. The second kappa shape index (κ2) is 7.23. The molecule has 2 N–H and O–H groups in total. The van der Waals surface area contributed by atoms with E-state index in [1.807, 2.05) is 0 Å². The Hall–Kier alpha value is -1.63. The molecule has 0 bridgehead atoms. The van der Waals surface area contributed by atoms with Crippen LogP contribution in [0.5, 0.6) is 0 Å². The summed E-state index contributed by atoms with van der Waals surface area (Å²) in [7, 11) is -3.85. The van der Waals surface area contributed by atoms with Crippen LogP contribution in [-0.2, 0) is 14.8 Å². The van der Waals surface area contributed by atoms with Gasteiger partial charge in [-0.15, -0.1) is 6.58 Å². The average Bonchev–Trinajstić information content (AvgIpc) is 2.37. The van der Waals surface area contributed by atoms with E-state index in [4.69, 9.17) is 16.7 Å². The summed E-state index contributed by atoms with van der Waals surface area (Å²) in [6.45, 7) is 3.39. The van der Waals surface area contributed by atoms with E-state index >= 15 is 0 Å². The number of aliphatic carboxylic acids is 1. The second-order valence-corrected chi connectivity index (χ2v) is 5.97. The predicted molar refractivity (Wildman–Crippen MR) is 78.8 cm³/mol. The summed E-state index contributed by atoms with van der Waals surface area (Å²) in [5, 5.41) is 10.3. The Morgan fingerprint density at radius 2 is 2.00 bits per heavy atom. The standard InChI is InChI=1S/C13H14ClNO4S/c1-2-3-12(13(16)17)15-20(18,19)9-8-10-4-6-11(14)7-5-10/h2,4-9,12,15H,1,3H2,(H,16,17)/b9-8+. The van der Waals surface area contributed by atoms with Crippen molar-refractivity contribution in [1.29, 1.82) is 0 Å². The van der Waals surface area contributed by atoms with E-state index in [1.165, 1.54) is 12.2 Å². The second-order valence-electron chi connectivity index (χ2n) is 3.93. The zero-order valence-corrected chi connectivity index (χ0v) is 12.1. The number of carboxylic acids is 1. The van der Waals surface area contributed by atoms with Gasteiger partial charge in [0.05, 0.1) is 0 Å². The molecule has 0 amide bonds. The van der Waals surface area contributed by atoms with Gasteiger partial charge in [-0.25, -0.2) is 8.42 Å². The molecule has 0 saturated heterocycles. The molecule has 1 atom stereocenters. The molecule has 0 aromatic heterocycles. The maximum atomic E-state index is 11.7. The summed E-state index contributed by atoms with van der Waals surface area (Å²) in [6.07, 6.45) is 2.69. The van der Waals surface area contributed by atoms with Crippen LogP contribution in [0.25, 0.3) is 6.08 Å². The molecular weight excluding hydrogens is 302 g/mol. The van der Waals surface area contributed by atoms with Crippen LogP contribution < -0.4 is 4.72 Å². The molecule has 0 aliphatic heterocycles. The van der Waals surface area contributed by atoms with E-state index < -0.39 is 22.0 Å². The van der Waals surface area contributed by atoms with Crippen molar-refractivity contribution in [1.82, 2.24) is 4.72 Å². The lowest BCUT2D eigenvalue weighted by atomic mass is 10.2. The van der Waals surface area contributed by atoms with Crippen LogP contribution in [0.3, 0.4) is 0 Å². The van der Waals surface area contributed by atoms with Gasteiger partial charge in [0, 0.05) is 10.4 Å². The third kappa shape index (κ3) is 5.56. The van der Waals surface area contributed by atoms with Gasteiger partial charge in [-0.2, -0.15) is 4.72 Å². The van der Waals surface area contributed by atoms with Crippen molar-refractivity contribution in [2.24, 2.45) is 0 Å². The minimum Gasteiger partial charge on any atom is -0.480 e. The van der Waals surface area contributed by atoms with Crippen LogP contribution in [0.15, 0.2) is 42.3 Å². The highest BCUT2D eigenvalue weighted by atomic mass is 35.5. The van der Waals surface area contributed by atoms with E-state index in [9.17, 15) is 13.2 Å². The fourth-order valence-corrected chi connectivity index (χ4v) is 2.48. The van der Waals surface area contributed by atoms with Crippen molar-refractivity contribution in [3.63, 3.8) is 0 Å². The van der Waals surface area contributed by atoms with Crippen LogP contribution in [0.4, 0.5) is 0 Å². The summed E-state index contributed by atoms with van der Waals surface area (Å²) >= 11 is 5.71. The summed E-state index contributed by atoms with van der Waals surface area (Å²) in [6, 6.07) is 5.31. The highest BCUT2D eigenvalue weighted by Gasteiger charge is 2.20. The molecule has 0 aliphatic carbocycles. The molecule has 20 heavy (non-hydrogen) atoms. The Kier molecular flexibility index (Phi) is 5.94. The monoisotopic (exact) mass is 315 g/mol. The van der Waals surface area contributed by atoms with Gasteiger partial charge in [0.1, 0.15) is 6.04 Å². The normalized spacial score (nSPS) is 13.2. The molecule has 0 aliphatic rings. The fraction of sp³-hybridized carbons (Fsp3) is 0.154. The summed E-state index contributed by atoms with van der Waals surface area (Å²) in [4.78, 5) is 10.9. The molecule has 0 saturated carbocycles. The zero-order valence-electron chi connectivity index (χ0n) is 10.5. The first-order chi connectivity index (χ1) is 9.34. The molecule has 7 heteroatoms. The number of hydrogen-bond acceptors (Lipinski definition) is 3. The first-order valence-electron chi connectivity index (χ1n) is 5.64. The average molecular weight is 316 g/mol. The maximum Gasteiger partial charge on any atom is 0.322 e. The van der Waals surface area contributed by atoms with Gasteiger partial charge in [0.2, 0.25) is 10.0 Å². The Balaban J connectivity index is 2.80. The molecule has 1 aromatic carbocycles. The SMILES string of the molecule is C=CCC(NS(=O)(=O)/C=C/c1ccc(Cl)cc1)C(=O)O. The van der Waals surface area contributed by atoms with E-state index in [0.29, 0.717) is 10.6 Å². The van der Waals surface area contributed by atoms with E-state index in [-0.39, 0.29) is 6.42 Å². The molecule has 0 fully saturated rings. The Morgan fingerprint density at radius 1 is 1.40 bits per heavy atom. The van der Waals surface area contributed by atoms with Gasteiger partial charge in [0.25, 0.3) is 0 Å². The number of halogens is 1.